The number of hydrogen-bond donors (Lipinski definition) is 1. The van der Waals surface area contributed by atoms with Crippen molar-refractivity contribution in [2.45, 2.75) is 64.3 Å². The Hall–Kier alpha value is -3.04. The van der Waals surface area contributed by atoms with Crippen LogP contribution in [0.25, 0.3) is 11.1 Å². The number of carbonyl (C=O) groups excluding carboxylic acids is 1. The maximum Gasteiger partial charge on any atom is 0.410 e. The highest BCUT2D eigenvalue weighted by Gasteiger charge is 2.48. The van der Waals surface area contributed by atoms with E-state index in [1.807, 2.05) is 48.8 Å². The number of ether oxygens (including phenoxy) is 2. The predicted octanol–water partition coefficient (Wildman–Crippen LogP) is 7.25. The third-order valence-electron chi connectivity index (χ3n) is 7.74. The number of hydrogen-bond acceptors (Lipinski definition) is 6. The van der Waals surface area contributed by atoms with Gasteiger partial charge in [-0.25, -0.2) is 14.2 Å². The molecule has 206 valence electrons. The maximum absolute atomic E-state index is 14.0. The molecule has 1 spiro atoms. The summed E-state index contributed by atoms with van der Waals surface area (Å²) >= 11 is 12.4. The maximum atomic E-state index is 14.0. The third kappa shape index (κ3) is 5.02. The van der Waals surface area contributed by atoms with Crippen LogP contribution < -0.4 is 10.1 Å². The first-order valence-corrected chi connectivity index (χ1v) is 13.8. The fourth-order valence-electron chi connectivity index (χ4n) is 5.70. The number of carbonyl (C=O) groups is 1. The molecular formula is C28H30Cl2FN5O3. The molecule has 39 heavy (non-hydrogen) atoms. The largest absolute Gasteiger partial charge is 0.462 e. The molecule has 2 aromatic heterocycles. The molecule has 1 amide bonds. The Balaban J connectivity index is 1.09. The molecular weight excluding hydrogens is 544 g/mol. The van der Waals surface area contributed by atoms with Crippen molar-refractivity contribution in [3.63, 3.8) is 0 Å². The smallest absolute Gasteiger partial charge is 0.410 e. The molecule has 3 aromatic rings. The SMILES string of the molecule is CC(C)(C)OC(=O)N1CC2(CCC(n3cc(-c4cnc5c(c4)O[C@@H](c4c(Cl)ccc(F)c4Cl)N5)cn3)CC2)C1. The van der Waals surface area contributed by atoms with Gasteiger partial charge in [0.05, 0.1) is 27.8 Å². The lowest BCUT2D eigenvalue weighted by atomic mass is 9.67. The molecule has 3 aliphatic rings. The molecule has 6 rings (SSSR count). The van der Waals surface area contributed by atoms with Crippen molar-refractivity contribution in [1.29, 1.82) is 0 Å². The summed E-state index contributed by atoms with van der Waals surface area (Å²) in [5.41, 5.74) is 1.84. The Labute approximate surface area is 236 Å². The minimum atomic E-state index is -0.742. The van der Waals surface area contributed by atoms with Gasteiger partial charge in [-0.3, -0.25) is 4.68 Å². The van der Waals surface area contributed by atoms with Crippen LogP contribution in [-0.4, -0.2) is 44.4 Å². The molecule has 1 saturated heterocycles. The van der Waals surface area contributed by atoms with Gasteiger partial charge in [-0.05, 0) is 64.7 Å². The van der Waals surface area contributed by atoms with Crippen molar-refractivity contribution in [3.05, 3.63) is 58.2 Å². The number of pyridine rings is 1. The zero-order chi connectivity index (χ0) is 27.5. The first-order valence-electron chi connectivity index (χ1n) is 13.1. The summed E-state index contributed by atoms with van der Waals surface area (Å²) in [6.45, 7) is 7.20. The number of aromatic nitrogens is 3. The van der Waals surface area contributed by atoms with Gasteiger partial charge in [0.15, 0.2) is 11.6 Å². The van der Waals surface area contributed by atoms with Crippen LogP contribution in [-0.2, 0) is 4.74 Å². The molecule has 0 unspecified atom stereocenters. The van der Waals surface area contributed by atoms with Crippen molar-refractivity contribution in [2.24, 2.45) is 5.41 Å². The number of nitrogens with one attached hydrogen (secondary N) is 1. The van der Waals surface area contributed by atoms with Crippen molar-refractivity contribution >= 4 is 35.1 Å². The third-order valence-corrected chi connectivity index (χ3v) is 8.45. The van der Waals surface area contributed by atoms with Gasteiger partial charge in [-0.15, -0.1) is 0 Å². The summed E-state index contributed by atoms with van der Waals surface area (Å²) in [6, 6.07) is 4.87. The summed E-state index contributed by atoms with van der Waals surface area (Å²) < 4.78 is 27.6. The van der Waals surface area contributed by atoms with Crippen molar-refractivity contribution in [1.82, 2.24) is 19.7 Å². The number of fused-ring (bicyclic) bond motifs is 1. The zero-order valence-corrected chi connectivity index (χ0v) is 23.5. The molecule has 2 fully saturated rings. The molecule has 0 bridgehead atoms. The van der Waals surface area contributed by atoms with E-state index in [1.165, 1.54) is 12.1 Å². The van der Waals surface area contributed by atoms with Crippen LogP contribution in [0.4, 0.5) is 15.0 Å². The lowest BCUT2D eigenvalue weighted by Crippen LogP contribution is -2.60. The van der Waals surface area contributed by atoms with E-state index in [0.717, 1.165) is 49.9 Å². The van der Waals surface area contributed by atoms with Gasteiger partial charge in [-0.2, -0.15) is 5.10 Å². The molecule has 2 aliphatic heterocycles. The van der Waals surface area contributed by atoms with E-state index in [0.29, 0.717) is 28.2 Å². The highest BCUT2D eigenvalue weighted by Crippen LogP contribution is 2.48. The van der Waals surface area contributed by atoms with E-state index in [4.69, 9.17) is 32.7 Å². The number of benzene rings is 1. The number of likely N-dealkylation sites (tertiary alicyclic amines) is 1. The van der Waals surface area contributed by atoms with E-state index in [2.05, 4.69) is 15.4 Å². The first kappa shape index (κ1) is 26.2. The fourth-order valence-corrected chi connectivity index (χ4v) is 6.27. The van der Waals surface area contributed by atoms with Crippen LogP contribution in [0.5, 0.6) is 5.75 Å². The van der Waals surface area contributed by atoms with Crippen LogP contribution in [0.2, 0.25) is 10.0 Å². The Morgan fingerprint density at radius 1 is 1.18 bits per heavy atom. The molecule has 1 aliphatic carbocycles. The summed E-state index contributed by atoms with van der Waals surface area (Å²) in [4.78, 5) is 18.7. The molecule has 1 N–H and O–H groups in total. The fraction of sp³-hybridized carbons (Fsp3) is 0.464. The molecule has 11 heteroatoms. The van der Waals surface area contributed by atoms with Gasteiger partial charge in [0.1, 0.15) is 11.4 Å². The van der Waals surface area contributed by atoms with E-state index in [9.17, 15) is 9.18 Å². The van der Waals surface area contributed by atoms with E-state index in [-0.39, 0.29) is 16.5 Å². The quantitative estimate of drug-likeness (QED) is 0.332. The van der Waals surface area contributed by atoms with Crippen LogP contribution in [0.3, 0.4) is 0 Å². The van der Waals surface area contributed by atoms with E-state index >= 15 is 0 Å². The standard InChI is InChI=1S/C28H30Cl2FN5O3/c1-27(2,3)39-26(37)35-14-28(15-35)8-6-18(7-9-28)36-13-17(12-33-36)16-10-21-24(32-11-16)34-25(38-21)22-19(29)4-5-20(31)23(22)30/h4-5,10-13,18,25H,6-9,14-15H2,1-3H3,(H,32,34)/t25-/m0/s1. The lowest BCUT2D eigenvalue weighted by molar-refractivity contribution is -0.0538. The minimum absolute atomic E-state index is 0.0805. The van der Waals surface area contributed by atoms with Crippen molar-refractivity contribution < 1.29 is 18.7 Å². The second-order valence-electron chi connectivity index (χ2n) is 11.7. The Bertz CT molecular complexity index is 1420. The first-order chi connectivity index (χ1) is 18.5. The van der Waals surface area contributed by atoms with Gasteiger partial charge in [0.25, 0.3) is 0 Å². The number of anilines is 1. The number of rotatable bonds is 3. The monoisotopic (exact) mass is 573 g/mol. The Morgan fingerprint density at radius 2 is 1.92 bits per heavy atom. The van der Waals surface area contributed by atoms with Gasteiger partial charge < -0.3 is 19.7 Å². The summed E-state index contributed by atoms with van der Waals surface area (Å²) in [5, 5.41) is 7.99. The topological polar surface area (TPSA) is 81.5 Å². The molecule has 4 heterocycles. The van der Waals surface area contributed by atoms with Crippen LogP contribution in [0.1, 0.15) is 64.3 Å². The minimum Gasteiger partial charge on any atom is -0.462 e. The van der Waals surface area contributed by atoms with Crippen LogP contribution in [0, 0.1) is 11.2 Å². The summed E-state index contributed by atoms with van der Waals surface area (Å²) in [5.74, 6) is 0.497. The molecule has 0 radical (unpaired) electrons. The number of amides is 1. The van der Waals surface area contributed by atoms with Gasteiger partial charge in [-0.1, -0.05) is 23.2 Å². The molecule has 1 saturated carbocycles. The molecule has 1 atom stereocenters. The normalized spacial score (nSPS) is 20.3. The van der Waals surface area contributed by atoms with E-state index < -0.39 is 17.6 Å². The average molecular weight is 574 g/mol. The molecule has 1 aromatic carbocycles. The Morgan fingerprint density at radius 3 is 2.64 bits per heavy atom. The van der Waals surface area contributed by atoms with Gasteiger partial charge >= 0.3 is 6.09 Å². The molecule has 8 nitrogen and oxygen atoms in total. The van der Waals surface area contributed by atoms with Gasteiger partial charge in [0.2, 0.25) is 6.23 Å². The summed E-state index contributed by atoms with van der Waals surface area (Å²) in [6.07, 6.45) is 8.80. The van der Waals surface area contributed by atoms with Gasteiger partial charge in [0, 0.05) is 42.0 Å². The second kappa shape index (κ2) is 9.55. The van der Waals surface area contributed by atoms with Crippen LogP contribution >= 0.6 is 23.2 Å². The second-order valence-corrected chi connectivity index (χ2v) is 12.5. The van der Waals surface area contributed by atoms with E-state index in [1.54, 1.807) is 6.20 Å². The number of nitrogens with zero attached hydrogens (tertiary/aromatic N) is 4. The average Bonchev–Trinajstić information content (AvgIpc) is 3.51. The number of halogens is 3. The van der Waals surface area contributed by atoms with Crippen molar-refractivity contribution in [3.8, 4) is 16.9 Å². The van der Waals surface area contributed by atoms with Crippen LogP contribution in [0.15, 0.2) is 36.8 Å². The van der Waals surface area contributed by atoms with Crippen molar-refractivity contribution in [2.75, 3.05) is 18.4 Å². The zero-order valence-electron chi connectivity index (χ0n) is 22.0. The summed E-state index contributed by atoms with van der Waals surface area (Å²) in [7, 11) is 0. The highest BCUT2D eigenvalue weighted by atomic mass is 35.5. The lowest BCUT2D eigenvalue weighted by Gasteiger charge is -2.53. The highest BCUT2D eigenvalue weighted by molar-refractivity contribution is 6.36. The Kier molecular flexibility index (Phi) is 6.42. The predicted molar refractivity (Wildman–Crippen MR) is 147 cm³/mol.